The third-order valence-electron chi connectivity index (χ3n) is 3.50. The molecule has 2 aromatic rings. The van der Waals surface area contributed by atoms with Crippen LogP contribution in [0.25, 0.3) is 10.2 Å². The highest BCUT2D eigenvalue weighted by molar-refractivity contribution is 7.20. The summed E-state index contributed by atoms with van der Waals surface area (Å²) < 4.78 is 12.5. The number of nitrogens with zero attached hydrogens (tertiary/aromatic N) is 1. The molecule has 0 bridgehead atoms. The van der Waals surface area contributed by atoms with Gasteiger partial charge in [0.25, 0.3) is 5.91 Å². The van der Waals surface area contributed by atoms with E-state index in [0.717, 1.165) is 11.3 Å². The summed E-state index contributed by atoms with van der Waals surface area (Å²) in [6.07, 6.45) is 2.21. The van der Waals surface area contributed by atoms with Crippen molar-refractivity contribution < 1.29 is 19.1 Å². The number of fused-ring (bicyclic) bond motifs is 1. The first-order valence-corrected chi connectivity index (χ1v) is 8.31. The number of pyridine rings is 1. The summed E-state index contributed by atoms with van der Waals surface area (Å²) in [7, 11) is 3.32. The van der Waals surface area contributed by atoms with E-state index < -0.39 is 5.91 Å². The fourth-order valence-corrected chi connectivity index (χ4v) is 3.52. The maximum Gasteiger partial charge on any atom is 0.256 e. The van der Waals surface area contributed by atoms with Gasteiger partial charge in [-0.25, -0.2) is 0 Å². The number of aromatic nitrogens is 1. The summed E-state index contributed by atoms with van der Waals surface area (Å²) >= 11 is 1.09. The average Bonchev–Trinajstić information content (AvgIpc) is 2.94. The lowest BCUT2D eigenvalue weighted by Crippen LogP contribution is -2.29. The second-order valence-electron chi connectivity index (χ2n) is 5.13. The first-order chi connectivity index (χ1) is 11.5. The Hall–Kier alpha value is -2.03. The van der Waals surface area contributed by atoms with Crippen molar-refractivity contribution >= 4 is 33.7 Å². The number of carbonyl (C=O) groups is 2. The van der Waals surface area contributed by atoms with Crippen LogP contribution in [0.15, 0.2) is 11.0 Å². The molecule has 0 unspecified atom stereocenters. The van der Waals surface area contributed by atoms with Crippen LogP contribution in [0, 0.1) is 0 Å². The van der Waals surface area contributed by atoms with Crippen molar-refractivity contribution in [1.82, 2.24) is 9.88 Å². The number of thiophene rings is 1. The summed E-state index contributed by atoms with van der Waals surface area (Å²) in [6, 6.07) is 0. The van der Waals surface area contributed by atoms with Crippen molar-refractivity contribution in [1.29, 1.82) is 0 Å². The fourth-order valence-electron chi connectivity index (χ4n) is 2.41. The lowest BCUT2D eigenvalue weighted by Gasteiger charge is -2.09. The molecule has 0 aromatic carbocycles. The van der Waals surface area contributed by atoms with Gasteiger partial charge < -0.3 is 19.4 Å². The van der Waals surface area contributed by atoms with Gasteiger partial charge in [-0.05, 0) is 6.92 Å². The van der Waals surface area contributed by atoms with Crippen molar-refractivity contribution in [2.24, 2.45) is 7.05 Å². The van der Waals surface area contributed by atoms with Crippen LogP contribution in [-0.2, 0) is 23.1 Å². The minimum absolute atomic E-state index is 0.0670. The van der Waals surface area contributed by atoms with Crippen molar-refractivity contribution in [3.63, 3.8) is 0 Å². The number of aldehydes is 1. The lowest BCUT2D eigenvalue weighted by molar-refractivity contribution is 0.0618. The Kier molecular flexibility index (Phi) is 6.24. The van der Waals surface area contributed by atoms with Crippen molar-refractivity contribution in [3.05, 3.63) is 32.4 Å². The number of nitrogens with one attached hydrogen (secondary N) is 1. The minimum Gasteiger partial charge on any atom is -0.382 e. The molecule has 24 heavy (non-hydrogen) atoms. The molecule has 0 atom stereocenters. The number of rotatable bonds is 8. The van der Waals surface area contributed by atoms with E-state index in [4.69, 9.17) is 9.47 Å². The molecule has 7 nitrogen and oxygen atoms in total. The standard InChI is InChI=1S/C16H20N2O5S/c1-4-17-16(21)10-7-18(2)13-11(9-23-6-5-22-3)12(8-19)24-15(13)14(10)20/h7-8H,4-6,9H2,1-3H3,(H,17,21). The number of aryl methyl sites for hydroxylation is 1. The zero-order valence-corrected chi connectivity index (χ0v) is 14.7. The summed E-state index contributed by atoms with van der Waals surface area (Å²) in [5, 5.41) is 2.62. The van der Waals surface area contributed by atoms with Gasteiger partial charge in [0, 0.05) is 32.5 Å². The predicted molar refractivity (Wildman–Crippen MR) is 92.0 cm³/mol. The highest BCUT2D eigenvalue weighted by atomic mass is 32.1. The number of methoxy groups -OCH3 is 1. The summed E-state index contributed by atoms with van der Waals surface area (Å²) in [5.74, 6) is -0.418. The molecule has 8 heteroatoms. The van der Waals surface area contributed by atoms with E-state index in [1.165, 1.54) is 6.20 Å². The quantitative estimate of drug-likeness (QED) is 0.572. The number of hydrogen-bond donors (Lipinski definition) is 1. The minimum atomic E-state index is -0.418. The number of hydrogen-bond acceptors (Lipinski definition) is 6. The monoisotopic (exact) mass is 352 g/mol. The molecular formula is C16H20N2O5S. The molecule has 2 heterocycles. The molecule has 0 aliphatic rings. The van der Waals surface area contributed by atoms with Crippen LogP contribution >= 0.6 is 11.3 Å². The van der Waals surface area contributed by atoms with Crippen molar-refractivity contribution in [3.8, 4) is 0 Å². The molecule has 2 rings (SSSR count). The summed E-state index contributed by atoms with van der Waals surface area (Å²) in [5.41, 5.74) is 0.975. The normalized spacial score (nSPS) is 11.0. The summed E-state index contributed by atoms with van der Waals surface area (Å²) in [4.78, 5) is 36.5. The first-order valence-electron chi connectivity index (χ1n) is 7.50. The molecule has 0 fully saturated rings. The number of ether oxygens (including phenoxy) is 2. The fraction of sp³-hybridized carbons (Fsp3) is 0.438. The molecule has 0 saturated heterocycles. The van der Waals surface area contributed by atoms with Gasteiger partial charge in [-0.15, -0.1) is 11.3 Å². The van der Waals surface area contributed by atoms with Gasteiger partial charge in [-0.2, -0.15) is 0 Å². The van der Waals surface area contributed by atoms with E-state index in [9.17, 15) is 14.4 Å². The van der Waals surface area contributed by atoms with Crippen LogP contribution in [0.1, 0.15) is 32.5 Å². The Bertz CT molecular complexity index is 809. The Labute approximate surface area is 143 Å². The van der Waals surface area contributed by atoms with Crippen LogP contribution in [0.2, 0.25) is 0 Å². The van der Waals surface area contributed by atoms with Crippen molar-refractivity contribution in [2.45, 2.75) is 13.5 Å². The average molecular weight is 352 g/mol. The van der Waals surface area contributed by atoms with Crippen LogP contribution in [-0.4, -0.2) is 43.6 Å². The first kappa shape index (κ1) is 18.3. The molecule has 0 spiro atoms. The number of amides is 1. The maximum absolute atomic E-state index is 12.6. The van der Waals surface area contributed by atoms with Crippen LogP contribution in [0.4, 0.5) is 0 Å². The van der Waals surface area contributed by atoms with Gasteiger partial charge in [0.2, 0.25) is 5.43 Å². The molecule has 130 valence electrons. The van der Waals surface area contributed by atoms with Gasteiger partial charge in [0.05, 0.1) is 30.2 Å². The van der Waals surface area contributed by atoms with Crippen LogP contribution in [0.3, 0.4) is 0 Å². The van der Waals surface area contributed by atoms with E-state index in [1.807, 2.05) is 0 Å². The smallest absolute Gasteiger partial charge is 0.256 e. The SMILES string of the molecule is CCNC(=O)c1cn(C)c2c(COCCOC)c(C=O)sc2c1=O. The molecule has 0 aliphatic carbocycles. The van der Waals surface area contributed by atoms with E-state index >= 15 is 0 Å². The van der Waals surface area contributed by atoms with E-state index in [0.29, 0.717) is 46.7 Å². The second-order valence-corrected chi connectivity index (χ2v) is 6.18. The molecule has 0 radical (unpaired) electrons. The number of carbonyl (C=O) groups excluding carboxylic acids is 2. The molecule has 1 N–H and O–H groups in total. The highest BCUT2D eigenvalue weighted by Crippen LogP contribution is 2.29. The molecular weight excluding hydrogens is 332 g/mol. The topological polar surface area (TPSA) is 86.6 Å². The zero-order valence-electron chi connectivity index (χ0n) is 13.9. The Morgan fingerprint density at radius 1 is 1.42 bits per heavy atom. The molecule has 1 amide bonds. The molecule has 0 saturated carbocycles. The Morgan fingerprint density at radius 3 is 2.79 bits per heavy atom. The third kappa shape index (κ3) is 3.55. The second kappa shape index (κ2) is 8.18. The predicted octanol–water partition coefficient (Wildman–Crippen LogP) is 1.33. The van der Waals surface area contributed by atoms with Gasteiger partial charge >= 0.3 is 0 Å². The Balaban J connectivity index is 2.52. The third-order valence-corrected chi connectivity index (χ3v) is 4.65. The maximum atomic E-state index is 12.6. The highest BCUT2D eigenvalue weighted by Gasteiger charge is 2.20. The zero-order chi connectivity index (χ0) is 17.7. The van der Waals surface area contributed by atoms with Gasteiger partial charge in [0.1, 0.15) is 10.3 Å². The van der Waals surface area contributed by atoms with Gasteiger partial charge in [0.15, 0.2) is 6.29 Å². The molecule has 2 aromatic heterocycles. The van der Waals surface area contributed by atoms with Crippen LogP contribution < -0.4 is 10.7 Å². The lowest BCUT2D eigenvalue weighted by atomic mass is 10.1. The van der Waals surface area contributed by atoms with E-state index in [2.05, 4.69) is 5.32 Å². The van der Waals surface area contributed by atoms with E-state index in [1.54, 1.807) is 25.6 Å². The van der Waals surface area contributed by atoms with Gasteiger partial charge in [-0.1, -0.05) is 0 Å². The molecule has 0 aliphatic heterocycles. The van der Waals surface area contributed by atoms with Crippen molar-refractivity contribution in [2.75, 3.05) is 26.9 Å². The van der Waals surface area contributed by atoms with E-state index in [-0.39, 0.29) is 17.6 Å². The summed E-state index contributed by atoms with van der Waals surface area (Å²) in [6.45, 7) is 3.25. The van der Waals surface area contributed by atoms with Gasteiger partial charge in [-0.3, -0.25) is 14.4 Å². The largest absolute Gasteiger partial charge is 0.382 e. The van der Waals surface area contributed by atoms with Crippen LogP contribution in [0.5, 0.6) is 0 Å². The Morgan fingerprint density at radius 2 is 2.17 bits per heavy atom.